The molecule has 0 saturated carbocycles. The molecule has 2 atom stereocenters. The molecular weight excluding hydrogens is 344 g/mol. The number of hydrogen-bond acceptors (Lipinski definition) is 3. The van der Waals surface area contributed by atoms with Gasteiger partial charge >= 0.3 is 0 Å². The Labute approximate surface area is 159 Å². The number of hydrogen-bond donors (Lipinski definition) is 2. The van der Waals surface area contributed by atoms with E-state index >= 15 is 0 Å². The number of para-hydroxylation sites is 1. The standard InChI is InChI=1S/C21H26N2O2S/c1-5-15(3)22-21(25)18-8-6-7-9-19(18)23-20(24)16(4)26-17-12-10-14(2)11-13-17/h6-13,15-16H,5H2,1-4H3,(H,22,25)(H,23,24). The highest BCUT2D eigenvalue weighted by atomic mass is 32.2. The van der Waals surface area contributed by atoms with Crippen LogP contribution in [-0.4, -0.2) is 23.1 Å². The minimum absolute atomic E-state index is 0.0854. The monoisotopic (exact) mass is 370 g/mol. The van der Waals surface area contributed by atoms with E-state index in [1.165, 1.54) is 17.3 Å². The Morgan fingerprint density at radius 2 is 1.69 bits per heavy atom. The third-order valence-electron chi connectivity index (χ3n) is 4.12. The van der Waals surface area contributed by atoms with Crippen LogP contribution in [0.1, 0.15) is 43.1 Å². The summed E-state index contributed by atoms with van der Waals surface area (Å²) >= 11 is 1.50. The van der Waals surface area contributed by atoms with E-state index in [1.807, 2.05) is 58.0 Å². The molecular formula is C21H26N2O2S. The van der Waals surface area contributed by atoms with Crippen molar-refractivity contribution in [2.24, 2.45) is 0 Å². The first-order valence-corrected chi connectivity index (χ1v) is 9.72. The van der Waals surface area contributed by atoms with Crippen LogP contribution in [0.5, 0.6) is 0 Å². The first-order chi connectivity index (χ1) is 12.4. The van der Waals surface area contributed by atoms with Gasteiger partial charge in [-0.05, 0) is 51.5 Å². The summed E-state index contributed by atoms with van der Waals surface area (Å²) in [6.07, 6.45) is 0.852. The third kappa shape index (κ3) is 5.63. The number of aryl methyl sites for hydroxylation is 1. The molecule has 0 aliphatic heterocycles. The van der Waals surface area contributed by atoms with Gasteiger partial charge in [0.15, 0.2) is 0 Å². The maximum atomic E-state index is 12.6. The fourth-order valence-electron chi connectivity index (χ4n) is 2.30. The lowest BCUT2D eigenvalue weighted by atomic mass is 10.1. The molecule has 138 valence electrons. The zero-order valence-corrected chi connectivity index (χ0v) is 16.5. The Morgan fingerprint density at radius 3 is 2.35 bits per heavy atom. The van der Waals surface area contributed by atoms with Gasteiger partial charge in [0.2, 0.25) is 5.91 Å². The highest BCUT2D eigenvalue weighted by Crippen LogP contribution is 2.25. The number of amides is 2. The Kier molecular flexibility index (Phi) is 7.27. The van der Waals surface area contributed by atoms with E-state index in [0.29, 0.717) is 11.3 Å². The molecule has 2 N–H and O–H groups in total. The van der Waals surface area contributed by atoms with Gasteiger partial charge in [0, 0.05) is 10.9 Å². The third-order valence-corrected chi connectivity index (χ3v) is 5.23. The predicted molar refractivity (Wildman–Crippen MR) is 109 cm³/mol. The molecule has 26 heavy (non-hydrogen) atoms. The normalized spacial score (nSPS) is 12.9. The Bertz CT molecular complexity index is 759. The highest BCUT2D eigenvalue weighted by molar-refractivity contribution is 8.00. The Morgan fingerprint density at radius 1 is 1.04 bits per heavy atom. The number of rotatable bonds is 7. The summed E-state index contributed by atoms with van der Waals surface area (Å²) in [4.78, 5) is 26.1. The summed E-state index contributed by atoms with van der Waals surface area (Å²) in [5.74, 6) is -0.298. The van der Waals surface area contributed by atoms with E-state index in [1.54, 1.807) is 18.2 Å². The second kappa shape index (κ2) is 9.43. The van der Waals surface area contributed by atoms with Crippen molar-refractivity contribution in [1.82, 2.24) is 5.32 Å². The maximum absolute atomic E-state index is 12.6. The lowest BCUT2D eigenvalue weighted by Crippen LogP contribution is -2.33. The predicted octanol–water partition coefficient (Wildman–Crippen LogP) is 4.64. The molecule has 0 radical (unpaired) electrons. The summed E-state index contributed by atoms with van der Waals surface area (Å²) in [5.41, 5.74) is 2.20. The van der Waals surface area contributed by atoms with E-state index in [9.17, 15) is 9.59 Å². The topological polar surface area (TPSA) is 58.2 Å². The van der Waals surface area contributed by atoms with Gasteiger partial charge in [-0.15, -0.1) is 11.8 Å². The van der Waals surface area contributed by atoms with Gasteiger partial charge in [-0.25, -0.2) is 0 Å². The van der Waals surface area contributed by atoms with Crippen LogP contribution in [0.3, 0.4) is 0 Å². The van der Waals surface area contributed by atoms with Crippen molar-refractivity contribution >= 4 is 29.3 Å². The highest BCUT2D eigenvalue weighted by Gasteiger charge is 2.18. The van der Waals surface area contributed by atoms with Crippen LogP contribution >= 0.6 is 11.8 Å². The number of anilines is 1. The molecule has 0 saturated heterocycles. The average Bonchev–Trinajstić information content (AvgIpc) is 2.63. The molecule has 5 heteroatoms. The van der Waals surface area contributed by atoms with Crippen LogP contribution in [0.2, 0.25) is 0 Å². The summed E-state index contributed by atoms with van der Waals surface area (Å²) in [6, 6.07) is 15.3. The van der Waals surface area contributed by atoms with Crippen molar-refractivity contribution in [2.75, 3.05) is 5.32 Å². The number of benzene rings is 2. The lowest BCUT2D eigenvalue weighted by Gasteiger charge is -2.16. The van der Waals surface area contributed by atoms with Crippen molar-refractivity contribution in [2.45, 2.75) is 50.3 Å². The van der Waals surface area contributed by atoms with Gasteiger partial charge in [-0.1, -0.05) is 36.8 Å². The fraction of sp³-hybridized carbons (Fsp3) is 0.333. The smallest absolute Gasteiger partial charge is 0.253 e. The molecule has 2 aromatic rings. The molecule has 0 aliphatic carbocycles. The summed E-state index contributed by atoms with van der Waals surface area (Å²) in [7, 11) is 0. The zero-order chi connectivity index (χ0) is 19.1. The van der Waals surface area contributed by atoms with Crippen molar-refractivity contribution in [1.29, 1.82) is 0 Å². The van der Waals surface area contributed by atoms with Gasteiger partial charge < -0.3 is 10.6 Å². The van der Waals surface area contributed by atoms with Crippen LogP contribution in [0.4, 0.5) is 5.69 Å². The van der Waals surface area contributed by atoms with E-state index in [2.05, 4.69) is 10.6 Å². The van der Waals surface area contributed by atoms with Gasteiger partial charge in [0.1, 0.15) is 0 Å². The maximum Gasteiger partial charge on any atom is 0.253 e. The van der Waals surface area contributed by atoms with E-state index in [0.717, 1.165) is 11.3 Å². The molecule has 0 bridgehead atoms. The quantitative estimate of drug-likeness (QED) is 0.698. The van der Waals surface area contributed by atoms with Crippen LogP contribution in [0.15, 0.2) is 53.4 Å². The lowest BCUT2D eigenvalue weighted by molar-refractivity contribution is -0.115. The number of carbonyl (C=O) groups excluding carboxylic acids is 2. The van der Waals surface area contributed by atoms with Gasteiger partial charge in [0.25, 0.3) is 5.91 Å². The Balaban J connectivity index is 2.06. The SMILES string of the molecule is CCC(C)NC(=O)c1ccccc1NC(=O)C(C)Sc1ccc(C)cc1. The van der Waals surface area contributed by atoms with E-state index in [4.69, 9.17) is 0 Å². The minimum atomic E-state index is -0.275. The van der Waals surface area contributed by atoms with Crippen LogP contribution in [-0.2, 0) is 4.79 Å². The molecule has 2 amide bonds. The second-order valence-electron chi connectivity index (χ2n) is 6.39. The molecule has 0 fully saturated rings. The number of thioether (sulfide) groups is 1. The van der Waals surface area contributed by atoms with Gasteiger partial charge in [0.05, 0.1) is 16.5 Å². The molecule has 2 unspecified atom stereocenters. The number of nitrogens with one attached hydrogen (secondary N) is 2. The molecule has 0 aliphatic rings. The van der Waals surface area contributed by atoms with Crippen LogP contribution in [0, 0.1) is 6.92 Å². The van der Waals surface area contributed by atoms with Crippen molar-refractivity contribution in [3.63, 3.8) is 0 Å². The molecule has 4 nitrogen and oxygen atoms in total. The van der Waals surface area contributed by atoms with Crippen LogP contribution in [0.25, 0.3) is 0 Å². The van der Waals surface area contributed by atoms with Gasteiger partial charge in [-0.2, -0.15) is 0 Å². The summed E-state index contributed by atoms with van der Waals surface area (Å²) < 4.78 is 0. The molecule has 0 aromatic heterocycles. The average molecular weight is 371 g/mol. The Hall–Kier alpha value is -2.27. The molecule has 2 aromatic carbocycles. The summed E-state index contributed by atoms with van der Waals surface area (Å²) in [6.45, 7) is 7.87. The largest absolute Gasteiger partial charge is 0.350 e. The van der Waals surface area contributed by atoms with Crippen molar-refractivity contribution in [3.8, 4) is 0 Å². The second-order valence-corrected chi connectivity index (χ2v) is 7.80. The van der Waals surface area contributed by atoms with Crippen molar-refractivity contribution < 1.29 is 9.59 Å². The molecule has 0 spiro atoms. The first-order valence-electron chi connectivity index (χ1n) is 8.84. The van der Waals surface area contributed by atoms with Gasteiger partial charge in [-0.3, -0.25) is 9.59 Å². The molecule has 2 rings (SSSR count). The van der Waals surface area contributed by atoms with Crippen LogP contribution < -0.4 is 10.6 Å². The zero-order valence-electron chi connectivity index (χ0n) is 15.7. The number of carbonyl (C=O) groups is 2. The summed E-state index contributed by atoms with van der Waals surface area (Å²) in [5, 5.41) is 5.56. The molecule has 0 heterocycles. The first kappa shape index (κ1) is 20.0. The van der Waals surface area contributed by atoms with E-state index in [-0.39, 0.29) is 23.1 Å². The fourth-order valence-corrected chi connectivity index (χ4v) is 3.17. The van der Waals surface area contributed by atoms with Crippen molar-refractivity contribution in [3.05, 3.63) is 59.7 Å². The van der Waals surface area contributed by atoms with E-state index < -0.39 is 0 Å². The minimum Gasteiger partial charge on any atom is -0.350 e.